The standard InChI is InChI=1S/C29H35N7O4S/c1-29(37)11-8-20(9-12-29)16-31-25-15-27(32-17-21(25)4-5-23-3-2-14-40-23)34-26-10-13-30-28(35-26)22-18-33-36(19-22)41(38,39)24-6-7-24/h10,13,15,17-20,23-24,37H,2-3,6-9,11-12,14,16H2,1H3,(H2,30,31,32,34,35)/t20-,23?,29-. The Hall–Kier alpha value is -3.53. The van der Waals surface area contributed by atoms with Gasteiger partial charge in [-0.15, -0.1) is 0 Å². The van der Waals surface area contributed by atoms with Crippen molar-refractivity contribution in [3.8, 4) is 23.2 Å². The Balaban J connectivity index is 1.19. The second-order valence-electron chi connectivity index (χ2n) is 11.4. The molecule has 0 aromatic carbocycles. The van der Waals surface area contributed by atoms with Crippen molar-refractivity contribution in [3.05, 3.63) is 42.5 Å². The van der Waals surface area contributed by atoms with Gasteiger partial charge in [0, 0.05) is 31.6 Å². The summed E-state index contributed by atoms with van der Waals surface area (Å²) in [5, 5.41) is 20.8. The minimum Gasteiger partial charge on any atom is -0.390 e. The Labute approximate surface area is 240 Å². The number of aliphatic hydroxyl groups is 1. The highest BCUT2D eigenvalue weighted by Crippen LogP contribution is 2.33. The van der Waals surface area contributed by atoms with E-state index in [4.69, 9.17) is 4.74 Å². The molecule has 2 aliphatic carbocycles. The van der Waals surface area contributed by atoms with Crippen LogP contribution in [0, 0.1) is 17.8 Å². The summed E-state index contributed by atoms with van der Waals surface area (Å²) in [5.74, 6) is 8.40. The molecule has 3 aromatic heterocycles. The molecular formula is C29H35N7O4S. The zero-order chi connectivity index (χ0) is 28.5. The number of ether oxygens (including phenoxy) is 1. The monoisotopic (exact) mass is 577 g/mol. The van der Waals surface area contributed by atoms with Gasteiger partial charge in [-0.2, -0.15) is 9.19 Å². The molecule has 3 aromatic rings. The van der Waals surface area contributed by atoms with E-state index >= 15 is 0 Å². The summed E-state index contributed by atoms with van der Waals surface area (Å²) >= 11 is 0. The van der Waals surface area contributed by atoms with Gasteiger partial charge < -0.3 is 20.5 Å². The van der Waals surface area contributed by atoms with E-state index in [1.54, 1.807) is 18.5 Å². The Morgan fingerprint density at radius 3 is 2.73 bits per heavy atom. The minimum atomic E-state index is -3.46. The number of rotatable bonds is 8. The van der Waals surface area contributed by atoms with Crippen LogP contribution < -0.4 is 10.6 Å². The number of nitrogens with one attached hydrogen (secondary N) is 2. The Kier molecular flexibility index (Phi) is 7.68. The fourth-order valence-electron chi connectivity index (χ4n) is 5.15. The molecule has 3 N–H and O–H groups in total. The van der Waals surface area contributed by atoms with Crippen LogP contribution in [0.3, 0.4) is 0 Å². The van der Waals surface area contributed by atoms with E-state index in [9.17, 15) is 13.5 Å². The summed E-state index contributed by atoms with van der Waals surface area (Å²) in [6, 6.07) is 3.64. The van der Waals surface area contributed by atoms with Crippen LogP contribution in [0.4, 0.5) is 17.3 Å². The number of nitrogens with zero attached hydrogens (tertiary/aromatic N) is 5. The third kappa shape index (κ3) is 6.69. The first-order chi connectivity index (χ1) is 19.7. The summed E-state index contributed by atoms with van der Waals surface area (Å²) in [7, 11) is -3.46. The van der Waals surface area contributed by atoms with Crippen LogP contribution in [-0.2, 0) is 14.8 Å². The minimum absolute atomic E-state index is 0.0516. The van der Waals surface area contributed by atoms with Gasteiger partial charge in [-0.25, -0.2) is 23.4 Å². The molecule has 12 heteroatoms. The number of hydrogen-bond donors (Lipinski definition) is 3. The summed E-state index contributed by atoms with van der Waals surface area (Å²) in [6.45, 7) is 3.44. The zero-order valence-electron chi connectivity index (χ0n) is 23.1. The number of anilines is 3. The smallest absolute Gasteiger partial charge is 0.256 e. The molecule has 0 spiro atoms. The van der Waals surface area contributed by atoms with E-state index in [-0.39, 0.29) is 11.4 Å². The lowest BCUT2D eigenvalue weighted by Crippen LogP contribution is -2.32. The van der Waals surface area contributed by atoms with Gasteiger partial charge in [0.1, 0.15) is 17.7 Å². The van der Waals surface area contributed by atoms with Crippen LogP contribution in [0.1, 0.15) is 63.9 Å². The maximum atomic E-state index is 12.5. The molecule has 41 heavy (non-hydrogen) atoms. The summed E-state index contributed by atoms with van der Waals surface area (Å²) in [6.07, 6.45) is 13.0. The van der Waals surface area contributed by atoms with Crippen molar-refractivity contribution in [2.45, 2.75) is 75.2 Å². The van der Waals surface area contributed by atoms with Gasteiger partial charge in [0.25, 0.3) is 10.0 Å². The van der Waals surface area contributed by atoms with Gasteiger partial charge in [-0.05, 0) is 70.3 Å². The molecule has 0 bridgehead atoms. The predicted octanol–water partition coefficient (Wildman–Crippen LogP) is 3.70. The first-order valence-electron chi connectivity index (χ1n) is 14.2. The highest BCUT2D eigenvalue weighted by molar-refractivity contribution is 7.90. The molecule has 1 saturated heterocycles. The molecule has 3 fully saturated rings. The molecule has 3 aliphatic rings. The summed E-state index contributed by atoms with van der Waals surface area (Å²) < 4.78 is 31.7. The van der Waals surface area contributed by atoms with Crippen molar-refractivity contribution in [2.75, 3.05) is 23.8 Å². The van der Waals surface area contributed by atoms with Gasteiger partial charge in [0.2, 0.25) is 0 Å². The second kappa shape index (κ2) is 11.4. The number of aromatic nitrogens is 5. The van der Waals surface area contributed by atoms with Crippen molar-refractivity contribution in [1.29, 1.82) is 0 Å². The van der Waals surface area contributed by atoms with Crippen LogP contribution in [0.2, 0.25) is 0 Å². The van der Waals surface area contributed by atoms with Crippen LogP contribution >= 0.6 is 0 Å². The van der Waals surface area contributed by atoms with Gasteiger partial charge >= 0.3 is 0 Å². The van der Waals surface area contributed by atoms with Crippen molar-refractivity contribution in [3.63, 3.8) is 0 Å². The predicted molar refractivity (Wildman–Crippen MR) is 155 cm³/mol. The van der Waals surface area contributed by atoms with Crippen molar-refractivity contribution in [1.82, 2.24) is 24.1 Å². The number of pyridine rings is 1. The lowest BCUT2D eigenvalue weighted by Gasteiger charge is -2.33. The van der Waals surface area contributed by atoms with Crippen LogP contribution in [-0.4, -0.2) is 67.8 Å². The molecule has 0 radical (unpaired) electrons. The molecule has 6 rings (SSSR count). The highest BCUT2D eigenvalue weighted by Gasteiger charge is 2.37. The Morgan fingerprint density at radius 2 is 1.98 bits per heavy atom. The molecule has 1 unspecified atom stereocenters. The molecule has 216 valence electrons. The lowest BCUT2D eigenvalue weighted by molar-refractivity contribution is 0.00976. The molecule has 11 nitrogen and oxygen atoms in total. The molecule has 1 atom stereocenters. The molecule has 2 saturated carbocycles. The third-order valence-corrected chi connectivity index (χ3v) is 9.94. The van der Waals surface area contributed by atoms with Crippen LogP contribution in [0.25, 0.3) is 11.4 Å². The largest absolute Gasteiger partial charge is 0.390 e. The van der Waals surface area contributed by atoms with E-state index < -0.39 is 15.6 Å². The van der Waals surface area contributed by atoms with E-state index in [2.05, 4.69) is 42.5 Å². The molecule has 4 heterocycles. The highest BCUT2D eigenvalue weighted by atomic mass is 32.2. The zero-order valence-corrected chi connectivity index (χ0v) is 23.9. The third-order valence-electron chi connectivity index (χ3n) is 7.90. The number of hydrogen-bond acceptors (Lipinski definition) is 10. The summed E-state index contributed by atoms with van der Waals surface area (Å²) in [5.41, 5.74) is 1.61. The fourth-order valence-corrected chi connectivity index (χ4v) is 6.63. The van der Waals surface area contributed by atoms with E-state index in [0.717, 1.165) is 67.0 Å². The van der Waals surface area contributed by atoms with Gasteiger partial charge in [-0.1, -0.05) is 11.8 Å². The first-order valence-corrected chi connectivity index (χ1v) is 15.7. The SMILES string of the molecule is C[C@]1(O)CC[C@H](CNc2cc(Nc3ccnc(-c4cnn(S(=O)(=O)C5CC5)c4)n3)ncc2C#CC2CCCO2)CC1. The summed E-state index contributed by atoms with van der Waals surface area (Å²) in [4.78, 5) is 13.5. The topological polar surface area (TPSA) is 144 Å². The molecule has 0 amide bonds. The van der Waals surface area contributed by atoms with E-state index in [0.29, 0.717) is 41.8 Å². The van der Waals surface area contributed by atoms with Crippen LogP contribution in [0.15, 0.2) is 36.9 Å². The van der Waals surface area contributed by atoms with Crippen molar-refractivity contribution < 1.29 is 18.3 Å². The normalized spacial score (nSPS) is 24.4. The van der Waals surface area contributed by atoms with Crippen molar-refractivity contribution in [2.24, 2.45) is 5.92 Å². The van der Waals surface area contributed by atoms with Crippen molar-refractivity contribution >= 4 is 27.3 Å². The average molecular weight is 578 g/mol. The molecule has 1 aliphatic heterocycles. The Morgan fingerprint density at radius 1 is 1.15 bits per heavy atom. The van der Waals surface area contributed by atoms with Crippen LogP contribution in [0.5, 0.6) is 0 Å². The quantitative estimate of drug-likeness (QED) is 0.339. The fraction of sp³-hybridized carbons (Fsp3) is 0.517. The van der Waals surface area contributed by atoms with E-state index in [1.807, 2.05) is 13.0 Å². The average Bonchev–Trinajstić information content (AvgIpc) is 3.47. The maximum absolute atomic E-state index is 12.5. The molecular weight excluding hydrogens is 542 g/mol. The Bertz CT molecular complexity index is 1560. The lowest BCUT2D eigenvalue weighted by atomic mass is 9.80. The van der Waals surface area contributed by atoms with E-state index in [1.165, 1.54) is 12.4 Å². The van der Waals surface area contributed by atoms with Gasteiger partial charge in [0.15, 0.2) is 5.82 Å². The second-order valence-corrected chi connectivity index (χ2v) is 13.5. The first kappa shape index (κ1) is 27.6. The van der Waals surface area contributed by atoms with Gasteiger partial charge in [-0.3, -0.25) is 0 Å². The van der Waals surface area contributed by atoms with Gasteiger partial charge in [0.05, 0.1) is 40.1 Å². The maximum Gasteiger partial charge on any atom is 0.256 e.